The average molecular weight is 314 g/mol. The van der Waals surface area contributed by atoms with Gasteiger partial charge in [-0.25, -0.2) is 0 Å². The summed E-state index contributed by atoms with van der Waals surface area (Å²) in [5.41, 5.74) is 0.451. The monoisotopic (exact) mass is 314 g/mol. The van der Waals surface area contributed by atoms with Gasteiger partial charge in [-0.15, -0.1) is 0 Å². The molecule has 0 bridgehead atoms. The van der Waals surface area contributed by atoms with E-state index in [0.29, 0.717) is 17.0 Å². The number of carbonyl (C=O) groups excluding carboxylic acids is 2. The number of benzene rings is 1. The van der Waals surface area contributed by atoms with Gasteiger partial charge in [0.1, 0.15) is 5.75 Å². The molecule has 1 N–H and O–H groups in total. The lowest BCUT2D eigenvalue weighted by Gasteiger charge is -2.18. The fourth-order valence-electron chi connectivity index (χ4n) is 2.30. The highest BCUT2D eigenvalue weighted by atomic mass is 16.5. The van der Waals surface area contributed by atoms with Crippen LogP contribution in [0.3, 0.4) is 0 Å². The SMILES string of the molecule is COc1cccn(CC(=O)c2ccc3c(c2)NC(=O)CO3)c1=O. The molecule has 1 aliphatic rings. The highest BCUT2D eigenvalue weighted by Gasteiger charge is 2.18. The number of hydrogen-bond acceptors (Lipinski definition) is 5. The van der Waals surface area contributed by atoms with E-state index >= 15 is 0 Å². The number of amides is 1. The van der Waals surface area contributed by atoms with Crippen molar-refractivity contribution in [3.63, 3.8) is 0 Å². The molecule has 0 unspecified atom stereocenters. The normalized spacial score (nSPS) is 12.8. The van der Waals surface area contributed by atoms with Crippen molar-refractivity contribution >= 4 is 17.4 Å². The molecule has 0 spiro atoms. The van der Waals surface area contributed by atoms with Gasteiger partial charge >= 0.3 is 0 Å². The van der Waals surface area contributed by atoms with Crippen LogP contribution in [-0.2, 0) is 11.3 Å². The van der Waals surface area contributed by atoms with Crippen molar-refractivity contribution in [2.24, 2.45) is 0 Å². The summed E-state index contributed by atoms with van der Waals surface area (Å²) in [5, 5.41) is 2.64. The van der Waals surface area contributed by atoms with Crippen LogP contribution < -0.4 is 20.3 Å². The zero-order chi connectivity index (χ0) is 16.4. The van der Waals surface area contributed by atoms with Gasteiger partial charge in [-0.1, -0.05) is 0 Å². The fraction of sp³-hybridized carbons (Fsp3) is 0.188. The first-order valence-electron chi connectivity index (χ1n) is 6.92. The summed E-state index contributed by atoms with van der Waals surface area (Å²) in [4.78, 5) is 35.8. The topological polar surface area (TPSA) is 86.6 Å². The van der Waals surface area contributed by atoms with Crippen molar-refractivity contribution in [1.29, 1.82) is 0 Å². The van der Waals surface area contributed by atoms with Gasteiger partial charge in [-0.3, -0.25) is 14.4 Å². The molecule has 1 amide bonds. The van der Waals surface area contributed by atoms with E-state index in [1.165, 1.54) is 23.9 Å². The number of nitrogens with zero attached hydrogens (tertiary/aromatic N) is 1. The summed E-state index contributed by atoms with van der Waals surface area (Å²) >= 11 is 0. The second kappa shape index (κ2) is 5.96. The summed E-state index contributed by atoms with van der Waals surface area (Å²) < 4.78 is 11.5. The first-order valence-corrected chi connectivity index (χ1v) is 6.92. The van der Waals surface area contributed by atoms with Gasteiger partial charge in [0.2, 0.25) is 0 Å². The van der Waals surface area contributed by atoms with Crippen LogP contribution in [0.1, 0.15) is 10.4 Å². The molecular weight excluding hydrogens is 300 g/mol. The van der Waals surface area contributed by atoms with E-state index in [1.807, 2.05) is 0 Å². The third-order valence-corrected chi connectivity index (χ3v) is 3.45. The molecular formula is C16H14N2O5. The lowest BCUT2D eigenvalue weighted by atomic mass is 10.1. The van der Waals surface area contributed by atoms with Gasteiger partial charge in [0, 0.05) is 11.8 Å². The number of fused-ring (bicyclic) bond motifs is 1. The molecule has 2 aromatic rings. The van der Waals surface area contributed by atoms with Crippen LogP contribution in [0.4, 0.5) is 5.69 Å². The van der Waals surface area contributed by atoms with Crippen LogP contribution in [-0.4, -0.2) is 30.0 Å². The molecule has 7 nitrogen and oxygen atoms in total. The zero-order valence-corrected chi connectivity index (χ0v) is 12.4. The Morgan fingerprint density at radius 3 is 2.96 bits per heavy atom. The number of aromatic nitrogens is 1. The van der Waals surface area contributed by atoms with E-state index in [0.717, 1.165) is 0 Å². The predicted molar refractivity (Wildman–Crippen MR) is 82.2 cm³/mol. The van der Waals surface area contributed by atoms with Gasteiger partial charge in [0.25, 0.3) is 11.5 Å². The Bertz CT molecular complexity index is 841. The highest BCUT2D eigenvalue weighted by Crippen LogP contribution is 2.28. The van der Waals surface area contributed by atoms with E-state index in [-0.39, 0.29) is 36.2 Å². The average Bonchev–Trinajstić information content (AvgIpc) is 2.56. The smallest absolute Gasteiger partial charge is 0.293 e. The minimum atomic E-state index is -0.377. The Kier molecular flexibility index (Phi) is 3.84. The minimum absolute atomic E-state index is 0.0422. The van der Waals surface area contributed by atoms with E-state index in [4.69, 9.17) is 9.47 Å². The standard InChI is InChI=1S/C16H14N2O5/c1-22-14-3-2-6-18(16(14)21)8-12(19)10-4-5-13-11(7-10)17-15(20)9-23-13/h2-7H,8-9H2,1H3,(H,17,20). The third-order valence-electron chi connectivity index (χ3n) is 3.45. The lowest BCUT2D eigenvalue weighted by Crippen LogP contribution is -2.26. The molecule has 0 saturated heterocycles. The molecule has 118 valence electrons. The Morgan fingerprint density at radius 1 is 1.35 bits per heavy atom. The van der Waals surface area contributed by atoms with Crippen molar-refractivity contribution in [3.05, 3.63) is 52.4 Å². The van der Waals surface area contributed by atoms with Crippen LogP contribution in [0.5, 0.6) is 11.5 Å². The van der Waals surface area contributed by atoms with E-state index in [2.05, 4.69) is 5.32 Å². The van der Waals surface area contributed by atoms with Gasteiger partial charge < -0.3 is 19.4 Å². The van der Waals surface area contributed by atoms with Gasteiger partial charge in [-0.05, 0) is 30.3 Å². The molecule has 3 rings (SSSR count). The van der Waals surface area contributed by atoms with Gasteiger partial charge in [0.15, 0.2) is 18.1 Å². The highest BCUT2D eigenvalue weighted by molar-refractivity contribution is 6.00. The van der Waals surface area contributed by atoms with Crippen LogP contribution >= 0.6 is 0 Å². The first-order chi connectivity index (χ1) is 11.1. The van der Waals surface area contributed by atoms with Crippen LogP contribution in [0, 0.1) is 0 Å². The van der Waals surface area contributed by atoms with E-state index in [1.54, 1.807) is 24.3 Å². The van der Waals surface area contributed by atoms with Gasteiger partial charge in [-0.2, -0.15) is 0 Å². The van der Waals surface area contributed by atoms with Crippen molar-refractivity contribution < 1.29 is 19.1 Å². The number of ketones is 1. The van der Waals surface area contributed by atoms with Crippen molar-refractivity contribution in [2.45, 2.75) is 6.54 Å². The number of anilines is 1. The van der Waals surface area contributed by atoms with Gasteiger partial charge in [0.05, 0.1) is 19.3 Å². The van der Waals surface area contributed by atoms with E-state index in [9.17, 15) is 14.4 Å². The molecule has 1 aromatic carbocycles. The fourth-order valence-corrected chi connectivity index (χ4v) is 2.30. The maximum atomic E-state index is 12.4. The molecule has 2 heterocycles. The maximum Gasteiger partial charge on any atom is 0.293 e. The van der Waals surface area contributed by atoms with Crippen molar-refractivity contribution in [3.8, 4) is 11.5 Å². The number of pyridine rings is 1. The second-order valence-electron chi connectivity index (χ2n) is 4.98. The number of ether oxygens (including phenoxy) is 2. The zero-order valence-electron chi connectivity index (χ0n) is 12.4. The Labute approximate surface area is 131 Å². The molecule has 0 fully saturated rings. The van der Waals surface area contributed by atoms with Crippen LogP contribution in [0.15, 0.2) is 41.3 Å². The van der Waals surface area contributed by atoms with Crippen molar-refractivity contribution in [1.82, 2.24) is 4.57 Å². The first kappa shape index (κ1) is 14.8. The minimum Gasteiger partial charge on any atom is -0.491 e. The lowest BCUT2D eigenvalue weighted by molar-refractivity contribution is -0.118. The summed E-state index contributed by atoms with van der Waals surface area (Å²) in [6, 6.07) is 7.93. The number of Topliss-reactive ketones (excluding diaryl/α,β-unsaturated/α-hetero) is 1. The van der Waals surface area contributed by atoms with Crippen LogP contribution in [0.2, 0.25) is 0 Å². The third kappa shape index (κ3) is 2.94. The molecule has 0 atom stereocenters. The maximum absolute atomic E-state index is 12.4. The largest absolute Gasteiger partial charge is 0.491 e. The summed E-state index contributed by atoms with van der Waals surface area (Å²) in [7, 11) is 1.40. The van der Waals surface area contributed by atoms with Crippen molar-refractivity contribution in [2.75, 3.05) is 19.0 Å². The number of methoxy groups -OCH3 is 1. The summed E-state index contributed by atoms with van der Waals surface area (Å²) in [6.07, 6.45) is 1.52. The quantitative estimate of drug-likeness (QED) is 0.853. The Hall–Kier alpha value is -3.09. The summed E-state index contributed by atoms with van der Waals surface area (Å²) in [6.45, 7) is -0.164. The number of nitrogens with one attached hydrogen (secondary N) is 1. The predicted octanol–water partition coefficient (Wildman–Crippen LogP) is 1.07. The molecule has 1 aliphatic heterocycles. The molecule has 0 aliphatic carbocycles. The van der Waals surface area contributed by atoms with E-state index < -0.39 is 0 Å². The molecule has 0 radical (unpaired) electrons. The molecule has 1 aromatic heterocycles. The number of carbonyl (C=O) groups is 2. The summed E-state index contributed by atoms with van der Waals surface area (Å²) in [5.74, 6) is 0.153. The molecule has 7 heteroatoms. The number of hydrogen-bond donors (Lipinski definition) is 1. The number of rotatable bonds is 4. The Morgan fingerprint density at radius 2 is 2.17 bits per heavy atom. The Balaban J connectivity index is 1.86. The molecule has 23 heavy (non-hydrogen) atoms. The molecule has 0 saturated carbocycles. The second-order valence-corrected chi connectivity index (χ2v) is 4.98. The van der Waals surface area contributed by atoms with Crippen LogP contribution in [0.25, 0.3) is 0 Å².